The van der Waals surface area contributed by atoms with Crippen molar-refractivity contribution in [3.05, 3.63) is 334 Å². The van der Waals surface area contributed by atoms with Crippen molar-refractivity contribution in [3.63, 3.8) is 0 Å². The van der Waals surface area contributed by atoms with Crippen LogP contribution in [0.3, 0.4) is 0 Å². The predicted octanol–water partition coefficient (Wildman–Crippen LogP) is 13.6. The van der Waals surface area contributed by atoms with Gasteiger partial charge in [-0.2, -0.15) is 0 Å². The number of hydrogen-bond donors (Lipinski definition) is 0. The molecule has 0 saturated carbocycles. The van der Waals surface area contributed by atoms with Crippen LogP contribution in [0.4, 0.5) is 51.2 Å². The summed E-state index contributed by atoms with van der Waals surface area (Å²) in [6.07, 6.45) is 7.44. The fourth-order valence-corrected chi connectivity index (χ4v) is 23.7. The van der Waals surface area contributed by atoms with Gasteiger partial charge in [-0.1, -0.05) is 218 Å². The number of fused-ring (bicyclic) bond motifs is 4. The number of para-hydroxylation sites is 4. The summed E-state index contributed by atoms with van der Waals surface area (Å²) < 4.78 is 0. The van der Waals surface area contributed by atoms with Gasteiger partial charge in [0.15, 0.2) is 16.1 Å². The van der Waals surface area contributed by atoms with Crippen LogP contribution in [0.5, 0.6) is 0 Å². The molecule has 0 atom stereocenters. The Morgan fingerprint density at radius 1 is 0.241 bits per heavy atom. The van der Waals surface area contributed by atoms with E-state index in [1.54, 1.807) is 0 Å². The van der Waals surface area contributed by atoms with E-state index in [4.69, 9.17) is 0 Å². The van der Waals surface area contributed by atoms with Gasteiger partial charge in [0, 0.05) is 58.9 Å². The minimum absolute atomic E-state index is 1.01. The van der Waals surface area contributed by atoms with E-state index in [1.807, 2.05) is 24.8 Å². The summed E-state index contributed by atoms with van der Waals surface area (Å²) >= 11 is 0. The lowest BCUT2D eigenvalue weighted by atomic mass is 10.0. The van der Waals surface area contributed by atoms with Crippen LogP contribution >= 0.6 is 0 Å². The summed E-state index contributed by atoms with van der Waals surface area (Å²) in [7, 11) is -5.89. The number of anilines is 9. The van der Waals surface area contributed by atoms with E-state index in [0.29, 0.717) is 0 Å². The number of benzene rings is 11. The molecular weight excluding hydrogens is 1040 g/mol. The summed E-state index contributed by atoms with van der Waals surface area (Å²) in [5.74, 6) is 0. The van der Waals surface area contributed by atoms with Gasteiger partial charge in [-0.05, 0) is 155 Å². The first-order valence-electron chi connectivity index (χ1n) is 28.4. The van der Waals surface area contributed by atoms with Crippen LogP contribution in [0.15, 0.2) is 334 Å². The van der Waals surface area contributed by atoms with Gasteiger partial charge in [0.05, 0.1) is 17.1 Å². The smallest absolute Gasteiger partial charge is 0.184 e. The van der Waals surface area contributed by atoms with Crippen molar-refractivity contribution in [1.29, 1.82) is 0 Å². The average Bonchev–Trinajstić information content (AvgIpc) is 2.87. The lowest BCUT2D eigenvalue weighted by molar-refractivity contribution is 1.22. The molecule has 0 radical (unpaired) electrons. The molecule has 2 aliphatic heterocycles. The Bertz CT molecular complexity index is 3970. The predicted molar refractivity (Wildman–Crippen MR) is 351 cm³/mol. The van der Waals surface area contributed by atoms with Gasteiger partial charge in [0.2, 0.25) is 0 Å². The van der Waals surface area contributed by atoms with Crippen molar-refractivity contribution >= 4 is 109 Å². The molecule has 0 spiro atoms. The molecule has 4 heterocycles. The maximum absolute atomic E-state index is 4.34. The summed E-state index contributed by atoms with van der Waals surface area (Å²) in [5, 5.41) is 10.8. The fraction of sp³-hybridized carbons (Fsp3) is 0. The van der Waals surface area contributed by atoms with E-state index in [1.165, 1.54) is 64.2 Å². The third-order valence-electron chi connectivity index (χ3n) is 17.0. The van der Waals surface area contributed by atoms with Gasteiger partial charge in [-0.15, -0.1) is 0 Å². The Balaban J connectivity index is 1.02. The second kappa shape index (κ2) is 20.9. The number of rotatable bonds is 11. The molecule has 2 aromatic heterocycles. The van der Waals surface area contributed by atoms with Crippen LogP contribution < -0.4 is 56.2 Å². The van der Waals surface area contributed by atoms with Crippen LogP contribution in [0.1, 0.15) is 0 Å². The minimum atomic E-state index is -2.95. The number of hydrogen-bond acceptors (Lipinski definition) is 5. The topological polar surface area (TPSA) is 35.5 Å². The van der Waals surface area contributed by atoms with Crippen LogP contribution in [-0.4, -0.2) is 26.1 Å². The quantitative estimate of drug-likeness (QED) is 0.121. The molecule has 83 heavy (non-hydrogen) atoms. The normalized spacial score (nSPS) is 13.4. The highest BCUT2D eigenvalue weighted by atomic mass is 28.3. The van der Waals surface area contributed by atoms with Gasteiger partial charge in [-0.3, -0.25) is 9.97 Å². The summed E-state index contributed by atoms with van der Waals surface area (Å²) in [6, 6.07) is 116. The Morgan fingerprint density at radius 2 is 0.506 bits per heavy atom. The van der Waals surface area contributed by atoms with Gasteiger partial charge in [0.1, 0.15) is 0 Å². The molecule has 0 unspecified atom stereocenters. The van der Waals surface area contributed by atoms with Crippen LogP contribution in [0.2, 0.25) is 0 Å². The zero-order valence-electron chi connectivity index (χ0n) is 45.5. The molecule has 0 bridgehead atoms. The summed E-state index contributed by atoms with van der Waals surface area (Å²) in [5.41, 5.74) is 14.3. The molecule has 0 saturated heterocycles. The molecular formula is C76H55N5Si2. The maximum atomic E-state index is 4.34. The molecule has 0 aliphatic carbocycles. The molecule has 11 aromatic carbocycles. The van der Waals surface area contributed by atoms with Crippen molar-refractivity contribution in [2.24, 2.45) is 0 Å². The maximum Gasteiger partial charge on any atom is 0.184 e. The van der Waals surface area contributed by atoms with E-state index in [0.717, 1.165) is 50.7 Å². The van der Waals surface area contributed by atoms with E-state index in [2.05, 4.69) is 334 Å². The van der Waals surface area contributed by atoms with Gasteiger partial charge < -0.3 is 14.7 Å². The zero-order valence-corrected chi connectivity index (χ0v) is 47.5. The van der Waals surface area contributed by atoms with Gasteiger partial charge >= 0.3 is 0 Å². The molecule has 7 heteroatoms. The molecule has 13 aromatic rings. The highest BCUT2D eigenvalue weighted by Crippen LogP contribution is 2.48. The number of aromatic nitrogens is 2. The Hall–Kier alpha value is -10.4. The first-order valence-corrected chi connectivity index (χ1v) is 32.4. The van der Waals surface area contributed by atoms with Crippen LogP contribution in [0, 0.1) is 0 Å². The molecule has 0 fully saturated rings. The standard InChI is InChI=1S/C76H55N5Si2/c1-5-21-65(22-6-1)82(66-23-7-2-8-24-66)73-33-17-13-29-69(73)80(70-30-14-18-34-74(70)82)63-53-62(79(60-41-37-56(38-42-60)58-45-49-77-50-46-58)61-43-39-57(40-44-61)59-47-51-78-52-48-59)54-64(55-63)81-71-31-15-19-35-75(71)83(67-25-9-3-10-26-67,68-27-11-4-12-28-68)76-36-20-16-32-72(76)81/h1-55H. The second-order valence-electron chi connectivity index (χ2n) is 21.3. The van der Waals surface area contributed by atoms with Crippen molar-refractivity contribution in [2.75, 3.05) is 14.7 Å². The summed E-state index contributed by atoms with van der Waals surface area (Å²) in [4.78, 5) is 16.2. The lowest BCUT2D eigenvalue weighted by Gasteiger charge is -2.46. The van der Waals surface area contributed by atoms with E-state index in [-0.39, 0.29) is 0 Å². The fourth-order valence-electron chi connectivity index (χ4n) is 13.5. The lowest BCUT2D eigenvalue weighted by Crippen LogP contribution is -2.77. The highest BCUT2D eigenvalue weighted by molar-refractivity contribution is 7.22. The monoisotopic (exact) mass is 1090 g/mol. The summed E-state index contributed by atoms with van der Waals surface area (Å²) in [6.45, 7) is 0. The molecule has 15 rings (SSSR count). The zero-order chi connectivity index (χ0) is 55.2. The van der Waals surface area contributed by atoms with E-state index in [9.17, 15) is 0 Å². The second-order valence-corrected chi connectivity index (χ2v) is 28.8. The minimum Gasteiger partial charge on any atom is -0.310 e. The van der Waals surface area contributed by atoms with Gasteiger partial charge in [-0.25, -0.2) is 0 Å². The molecule has 392 valence electrons. The third kappa shape index (κ3) is 8.19. The highest BCUT2D eigenvalue weighted by Gasteiger charge is 2.51. The molecule has 0 N–H and O–H groups in total. The SMILES string of the molecule is c1ccc([Si]2(c3ccccc3)c3ccccc3N(c3cc(N(c4ccc(-c5ccncc5)cc4)c4ccc(-c5ccncc5)cc4)cc(N4c5ccccc5[Si](c5ccccc5)(c5ccccc5)c5ccccc54)c3)c3ccccc32)cc1. The van der Waals surface area contributed by atoms with Crippen molar-refractivity contribution in [1.82, 2.24) is 9.97 Å². The Labute approximate surface area is 487 Å². The van der Waals surface area contributed by atoms with Crippen molar-refractivity contribution < 1.29 is 0 Å². The molecule has 5 nitrogen and oxygen atoms in total. The molecule has 2 aliphatic rings. The molecule has 0 amide bonds. The van der Waals surface area contributed by atoms with E-state index >= 15 is 0 Å². The Morgan fingerprint density at radius 3 is 0.807 bits per heavy atom. The largest absolute Gasteiger partial charge is 0.310 e. The van der Waals surface area contributed by atoms with Crippen LogP contribution in [-0.2, 0) is 0 Å². The first-order chi connectivity index (χ1) is 41.2. The average molecular weight is 1090 g/mol. The first kappa shape index (κ1) is 49.6. The number of nitrogens with zero attached hydrogens (tertiary/aromatic N) is 5. The van der Waals surface area contributed by atoms with Crippen molar-refractivity contribution in [3.8, 4) is 22.3 Å². The third-order valence-corrected chi connectivity index (χ3v) is 26.7. The van der Waals surface area contributed by atoms with E-state index < -0.39 is 16.1 Å². The van der Waals surface area contributed by atoms with Crippen LogP contribution in [0.25, 0.3) is 22.3 Å². The van der Waals surface area contributed by atoms with Gasteiger partial charge in [0.25, 0.3) is 0 Å². The Kier molecular flexibility index (Phi) is 12.5. The number of pyridine rings is 2. The van der Waals surface area contributed by atoms with Crippen molar-refractivity contribution in [2.45, 2.75) is 0 Å².